The van der Waals surface area contributed by atoms with Gasteiger partial charge in [0.05, 0.1) is 45.2 Å². The van der Waals surface area contributed by atoms with E-state index in [0.29, 0.717) is 0 Å². The lowest BCUT2D eigenvalue weighted by molar-refractivity contribution is -0.381. The van der Waals surface area contributed by atoms with Crippen LogP contribution >= 0.6 is 0 Å². The number of rotatable bonds is 20. The first-order valence-corrected chi connectivity index (χ1v) is 22.4. The highest BCUT2D eigenvalue weighted by molar-refractivity contribution is 5.78. The van der Waals surface area contributed by atoms with Gasteiger partial charge in [-0.05, 0) is 0 Å². The molecule has 416 valence electrons. The molecule has 20 N–H and O–H groups in total. The number of aliphatic hydroxyl groups is 16. The summed E-state index contributed by atoms with van der Waals surface area (Å²) >= 11 is 0. The van der Waals surface area contributed by atoms with Crippen molar-refractivity contribution in [3.05, 3.63) is 0 Å². The number of hydrogen-bond acceptors (Lipinski definition) is 29. The van der Waals surface area contributed by atoms with Crippen LogP contribution in [0.4, 0.5) is 0 Å². The Labute approximate surface area is 406 Å². The molecule has 0 spiro atoms. The number of aliphatic carboxylic acids is 1. The summed E-state index contributed by atoms with van der Waals surface area (Å²) < 4.78 is 50.8. The molecule has 33 heteroatoms. The smallest absolute Gasteiger partial charge is 0.364 e. The van der Waals surface area contributed by atoms with Crippen molar-refractivity contribution in [2.24, 2.45) is 0 Å². The molecule has 33 nitrogen and oxygen atoms in total. The summed E-state index contributed by atoms with van der Waals surface area (Å²) in [4.78, 5) is 49.8. The zero-order valence-corrected chi connectivity index (χ0v) is 38.3. The van der Waals surface area contributed by atoms with Gasteiger partial charge in [0.15, 0.2) is 25.2 Å². The molecule has 0 aromatic carbocycles. The highest BCUT2D eigenvalue weighted by Gasteiger charge is 2.61. The molecule has 0 saturated carbocycles. The minimum atomic E-state index is -3.24. The molecule has 5 saturated heterocycles. The molecule has 0 bridgehead atoms. The molecule has 5 aliphatic heterocycles. The van der Waals surface area contributed by atoms with Crippen LogP contribution in [0.3, 0.4) is 0 Å². The lowest BCUT2D eigenvalue weighted by Gasteiger charge is -2.51. The Morgan fingerprint density at radius 2 is 1.14 bits per heavy atom. The van der Waals surface area contributed by atoms with Crippen LogP contribution in [0.1, 0.15) is 20.3 Å². The fourth-order valence-corrected chi connectivity index (χ4v) is 8.84. The standard InChI is InChI=1S/C39H65N3O30/c1-10(48)40-20-26(57)30(69-36-28(59)27(58)23(54)14(5-44)66-36)16(7-46)68-35(20)64-9-17-25(56)31(21(34(61)65-17)41-11(2)49)70-37-29(60)33(24(55)15(6-45)67-37)72-39(38(62)63)3-12(50)19(42-18(52)8-47)32(71-39)22(53)13(51)4-43/h12-17,19-37,43-47,50-51,53-61H,3-9H2,1-2H3,(H,40,48)(H,41,49)(H,42,52)(H,62,63)/t12-,13+,14+,15+,16+,17+,19+,20+,21+,22+,23-,24-,25-,26+,27-,28+,29+,30+,31+,32+,33-,34-,35+,36-,37-,39-/m0/s1. The third-order valence-electron chi connectivity index (χ3n) is 12.6. The first kappa shape index (κ1) is 59.8. The summed E-state index contributed by atoms with van der Waals surface area (Å²) in [5.74, 6) is -8.18. The highest BCUT2D eigenvalue weighted by atomic mass is 16.8. The number of hydrogen-bond donors (Lipinski definition) is 20. The first-order valence-electron chi connectivity index (χ1n) is 22.4. The van der Waals surface area contributed by atoms with E-state index < -0.39 is 229 Å². The van der Waals surface area contributed by atoms with E-state index in [1.165, 1.54) is 0 Å². The topological polar surface area (TPSA) is 531 Å². The van der Waals surface area contributed by atoms with Crippen LogP contribution in [-0.2, 0) is 61.8 Å². The van der Waals surface area contributed by atoms with Crippen molar-refractivity contribution < 1.29 is 149 Å². The average Bonchev–Trinajstić information content (AvgIpc) is 3.33. The lowest BCUT2D eigenvalue weighted by Crippen LogP contribution is -2.71. The molecule has 0 radical (unpaired) electrons. The Kier molecular flexibility index (Phi) is 21.3. The summed E-state index contributed by atoms with van der Waals surface area (Å²) in [7, 11) is 0. The zero-order valence-electron chi connectivity index (χ0n) is 38.3. The van der Waals surface area contributed by atoms with E-state index in [-0.39, 0.29) is 0 Å². The van der Waals surface area contributed by atoms with Crippen LogP contribution in [-0.4, -0.2) is 309 Å². The number of amides is 3. The number of carboxylic acid groups (broad SMARTS) is 1. The molecular formula is C39H65N3O30. The number of aliphatic hydroxyl groups excluding tert-OH is 16. The predicted molar refractivity (Wildman–Crippen MR) is 220 cm³/mol. The molecule has 0 aromatic heterocycles. The maximum atomic E-state index is 13.0. The van der Waals surface area contributed by atoms with Crippen LogP contribution in [0, 0.1) is 0 Å². The molecule has 5 rings (SSSR count). The van der Waals surface area contributed by atoms with Gasteiger partial charge in [-0.3, -0.25) is 14.4 Å². The number of carbonyl (C=O) groups is 4. The molecule has 0 unspecified atom stereocenters. The summed E-state index contributed by atoms with van der Waals surface area (Å²) in [6, 6.07) is -5.22. The van der Waals surface area contributed by atoms with Gasteiger partial charge in [-0.15, -0.1) is 0 Å². The van der Waals surface area contributed by atoms with E-state index in [9.17, 15) is 106 Å². The Morgan fingerprint density at radius 3 is 1.69 bits per heavy atom. The van der Waals surface area contributed by atoms with Crippen molar-refractivity contribution in [1.82, 2.24) is 16.0 Å². The highest BCUT2D eigenvalue weighted by Crippen LogP contribution is 2.39. The Hall–Kier alpha value is -3.12. The van der Waals surface area contributed by atoms with Gasteiger partial charge in [-0.25, -0.2) is 4.79 Å². The normalized spacial score (nSPS) is 44.6. The van der Waals surface area contributed by atoms with Crippen LogP contribution < -0.4 is 16.0 Å². The quantitative estimate of drug-likeness (QED) is 0.0538. The van der Waals surface area contributed by atoms with Crippen LogP contribution in [0.5, 0.6) is 0 Å². The second-order valence-electron chi connectivity index (χ2n) is 17.6. The minimum absolute atomic E-state index is 0.796. The fraction of sp³-hybridized carbons (Fsp3) is 0.897. The SMILES string of the molecule is CC(=O)N[C@@H]1[C@@H](O[C@@H]2O[C@H](CO)[C@H](O)[C@H](O[C@]3(C(=O)O)C[C@H](O)[C@@H](NC(=O)CO)[C@H]([C@H](O)[C@H](O)CO)O3)[C@H]2O)[C@@H](O)[C@@H](CO[C@@H]2O[C@H](CO)[C@@H](O[C@@H]3O[C@H](CO)[C@H](O)[C@H](O)[C@H]3O)[C@H](O)[C@H]2NC(C)=O)O[C@@H]1O. The second-order valence-corrected chi connectivity index (χ2v) is 17.6. The molecule has 5 fully saturated rings. The van der Waals surface area contributed by atoms with E-state index in [0.717, 1.165) is 13.8 Å². The van der Waals surface area contributed by atoms with Crippen LogP contribution in [0.15, 0.2) is 0 Å². The van der Waals surface area contributed by atoms with Crippen molar-refractivity contribution in [2.45, 2.75) is 179 Å². The first-order chi connectivity index (χ1) is 33.9. The Balaban J connectivity index is 1.39. The van der Waals surface area contributed by atoms with Crippen LogP contribution in [0.25, 0.3) is 0 Å². The third-order valence-corrected chi connectivity index (χ3v) is 12.6. The van der Waals surface area contributed by atoms with Gasteiger partial charge in [-0.2, -0.15) is 0 Å². The molecule has 0 aromatic rings. The molecule has 0 aliphatic carbocycles. The van der Waals surface area contributed by atoms with Crippen molar-refractivity contribution in [1.29, 1.82) is 0 Å². The zero-order chi connectivity index (χ0) is 53.7. The number of nitrogens with one attached hydrogen (secondary N) is 3. The van der Waals surface area contributed by atoms with Gasteiger partial charge in [0, 0.05) is 20.3 Å². The molecule has 72 heavy (non-hydrogen) atoms. The minimum Gasteiger partial charge on any atom is -0.477 e. The number of ether oxygens (including phenoxy) is 9. The Morgan fingerprint density at radius 1 is 0.597 bits per heavy atom. The van der Waals surface area contributed by atoms with E-state index >= 15 is 0 Å². The van der Waals surface area contributed by atoms with Crippen molar-refractivity contribution >= 4 is 23.7 Å². The monoisotopic (exact) mass is 1060 g/mol. The summed E-state index contributed by atoms with van der Waals surface area (Å²) in [6.45, 7) is -4.16. The maximum Gasteiger partial charge on any atom is 0.364 e. The molecular weight excluding hydrogens is 990 g/mol. The van der Waals surface area contributed by atoms with Gasteiger partial charge in [0.2, 0.25) is 17.7 Å². The lowest BCUT2D eigenvalue weighted by atomic mass is 9.88. The Bertz CT molecular complexity index is 1790. The van der Waals surface area contributed by atoms with Crippen molar-refractivity contribution in [3.8, 4) is 0 Å². The van der Waals surface area contributed by atoms with Crippen LogP contribution in [0.2, 0.25) is 0 Å². The van der Waals surface area contributed by atoms with E-state index in [1.807, 2.05) is 0 Å². The largest absolute Gasteiger partial charge is 0.477 e. The van der Waals surface area contributed by atoms with Crippen molar-refractivity contribution in [2.75, 3.05) is 39.6 Å². The van der Waals surface area contributed by atoms with Gasteiger partial charge >= 0.3 is 5.97 Å². The van der Waals surface area contributed by atoms with Gasteiger partial charge in [-0.1, -0.05) is 0 Å². The van der Waals surface area contributed by atoms with Gasteiger partial charge in [0.1, 0.15) is 122 Å². The molecule has 26 atom stereocenters. The predicted octanol–water partition coefficient (Wildman–Crippen LogP) is -13.3. The maximum absolute atomic E-state index is 13.0. The van der Waals surface area contributed by atoms with Gasteiger partial charge in [0.25, 0.3) is 5.79 Å². The van der Waals surface area contributed by atoms with E-state index in [1.54, 1.807) is 0 Å². The summed E-state index contributed by atoms with van der Waals surface area (Å²) in [5, 5.41) is 187. The molecule has 5 heterocycles. The van der Waals surface area contributed by atoms with E-state index in [2.05, 4.69) is 16.0 Å². The number of carboxylic acids is 1. The summed E-state index contributed by atoms with van der Waals surface area (Å²) in [5.41, 5.74) is 0. The second kappa shape index (κ2) is 25.6. The molecule has 5 aliphatic rings. The number of carbonyl (C=O) groups excluding carboxylic acids is 3. The van der Waals surface area contributed by atoms with E-state index in [4.69, 9.17) is 42.6 Å². The third kappa shape index (κ3) is 13.1. The fourth-order valence-electron chi connectivity index (χ4n) is 8.84. The summed E-state index contributed by atoms with van der Waals surface area (Å²) in [6.07, 6.45) is -44.9. The van der Waals surface area contributed by atoms with Crippen molar-refractivity contribution in [3.63, 3.8) is 0 Å². The van der Waals surface area contributed by atoms with Gasteiger partial charge < -0.3 is 145 Å². The molecule has 3 amide bonds. The average molecular weight is 1060 g/mol.